The van der Waals surface area contributed by atoms with E-state index in [2.05, 4.69) is 20.3 Å². The Bertz CT molecular complexity index is 1160. The highest BCUT2D eigenvalue weighted by Gasteiger charge is 2.33. The number of hydrogen-bond acceptors (Lipinski definition) is 7. The van der Waals surface area contributed by atoms with E-state index in [1.807, 2.05) is 6.92 Å². The normalized spacial score (nSPS) is 15.0. The van der Waals surface area contributed by atoms with Crippen molar-refractivity contribution in [3.8, 4) is 6.01 Å². The van der Waals surface area contributed by atoms with Gasteiger partial charge in [0.25, 0.3) is 0 Å². The molecule has 0 radical (unpaired) electrons. The topological polar surface area (TPSA) is 106 Å². The highest BCUT2D eigenvalue weighted by molar-refractivity contribution is 5.97. The van der Waals surface area contributed by atoms with Crippen molar-refractivity contribution in [3.05, 3.63) is 64.7 Å². The predicted octanol–water partition coefficient (Wildman–Crippen LogP) is 2.95. The molecule has 0 aliphatic carbocycles. The van der Waals surface area contributed by atoms with Crippen molar-refractivity contribution in [1.29, 1.82) is 0 Å². The van der Waals surface area contributed by atoms with E-state index in [9.17, 15) is 13.6 Å². The molecule has 2 heterocycles. The summed E-state index contributed by atoms with van der Waals surface area (Å²) in [4.78, 5) is 26.4. The van der Waals surface area contributed by atoms with Gasteiger partial charge in [-0.05, 0) is 48.7 Å². The number of methoxy groups -OCH3 is 1. The largest absolute Gasteiger partial charge is 0.467 e. The van der Waals surface area contributed by atoms with Crippen LogP contribution in [0.4, 0.5) is 26.4 Å². The Labute approximate surface area is 177 Å². The predicted molar refractivity (Wildman–Crippen MR) is 110 cm³/mol. The summed E-state index contributed by atoms with van der Waals surface area (Å²) >= 11 is 0. The third-order valence-electron chi connectivity index (χ3n) is 5.00. The van der Waals surface area contributed by atoms with Crippen LogP contribution in [0.3, 0.4) is 0 Å². The molecule has 0 saturated carbocycles. The van der Waals surface area contributed by atoms with Crippen molar-refractivity contribution in [2.75, 3.05) is 17.3 Å². The van der Waals surface area contributed by atoms with Crippen molar-refractivity contribution in [2.24, 2.45) is 5.73 Å². The zero-order chi connectivity index (χ0) is 22.1. The number of nitrogens with two attached hydrogens (primary N) is 1. The number of fused-ring (bicyclic) bond motifs is 1. The molecule has 0 bridgehead atoms. The quantitative estimate of drug-likeness (QED) is 0.624. The van der Waals surface area contributed by atoms with Crippen LogP contribution in [0, 0.1) is 11.6 Å². The molecule has 4 rings (SSSR count). The van der Waals surface area contributed by atoms with Crippen LogP contribution >= 0.6 is 0 Å². The second-order valence-corrected chi connectivity index (χ2v) is 7.17. The lowest BCUT2D eigenvalue weighted by Gasteiger charge is -2.23. The summed E-state index contributed by atoms with van der Waals surface area (Å²) in [6.07, 6.45) is 0.466. The molecule has 160 valence electrons. The van der Waals surface area contributed by atoms with Gasteiger partial charge in [-0.25, -0.2) is 8.78 Å². The van der Waals surface area contributed by atoms with Gasteiger partial charge in [0, 0.05) is 18.2 Å². The smallest absolute Gasteiger partial charge is 0.322 e. The molecule has 1 unspecified atom stereocenters. The molecule has 1 atom stereocenters. The minimum atomic E-state index is -0.699. The Morgan fingerprint density at radius 3 is 2.74 bits per heavy atom. The van der Waals surface area contributed by atoms with Crippen LogP contribution in [0.2, 0.25) is 0 Å². The van der Waals surface area contributed by atoms with Gasteiger partial charge in [0.2, 0.25) is 17.8 Å². The van der Waals surface area contributed by atoms with E-state index in [4.69, 9.17) is 10.5 Å². The summed E-state index contributed by atoms with van der Waals surface area (Å²) in [5, 5.41) is 3.02. The molecule has 1 aliphatic rings. The molecule has 1 aliphatic heterocycles. The van der Waals surface area contributed by atoms with Gasteiger partial charge in [-0.15, -0.1) is 0 Å². The summed E-state index contributed by atoms with van der Waals surface area (Å²) < 4.78 is 32.8. The zero-order valence-corrected chi connectivity index (χ0v) is 16.9. The number of aromatic nitrogens is 3. The first-order valence-electron chi connectivity index (χ1n) is 9.55. The molecule has 10 heteroatoms. The number of nitrogens with one attached hydrogen (secondary N) is 1. The van der Waals surface area contributed by atoms with Crippen molar-refractivity contribution in [2.45, 2.75) is 25.9 Å². The van der Waals surface area contributed by atoms with Gasteiger partial charge >= 0.3 is 6.01 Å². The number of benzene rings is 2. The highest BCUT2D eigenvalue weighted by atomic mass is 19.1. The van der Waals surface area contributed by atoms with Crippen LogP contribution in [0.1, 0.15) is 28.4 Å². The van der Waals surface area contributed by atoms with Crippen LogP contribution in [0.5, 0.6) is 6.01 Å². The van der Waals surface area contributed by atoms with E-state index in [0.29, 0.717) is 23.2 Å². The number of amides is 1. The van der Waals surface area contributed by atoms with E-state index >= 15 is 0 Å². The number of carbonyl (C=O) groups is 1. The van der Waals surface area contributed by atoms with Crippen LogP contribution in [-0.4, -0.2) is 34.0 Å². The van der Waals surface area contributed by atoms with Crippen LogP contribution in [0.25, 0.3) is 0 Å². The third kappa shape index (κ3) is 4.09. The molecule has 0 spiro atoms. The SMILES string of the molecule is COc1nc(NCc2cccc(F)c2)nc(N2c3cc(F)cc(C(N)=O)c3CC2C)n1. The minimum Gasteiger partial charge on any atom is -0.467 e. The van der Waals surface area contributed by atoms with E-state index in [1.54, 1.807) is 17.0 Å². The number of ether oxygens (including phenoxy) is 1. The van der Waals surface area contributed by atoms with E-state index < -0.39 is 11.7 Å². The molecule has 8 nitrogen and oxygen atoms in total. The van der Waals surface area contributed by atoms with Crippen LogP contribution in [-0.2, 0) is 13.0 Å². The third-order valence-corrected chi connectivity index (χ3v) is 5.00. The monoisotopic (exact) mass is 426 g/mol. The number of hydrogen-bond donors (Lipinski definition) is 2. The standard InChI is InChI=1S/C21H20F2N6O2/c1-11-6-15-16(18(24)30)8-14(23)9-17(15)29(11)20-26-19(27-21(28-20)31-2)25-10-12-4-3-5-13(22)7-12/h3-5,7-9,11H,6,10H2,1-2H3,(H2,24,30)(H,25,26,27,28). The molecule has 3 N–H and O–H groups in total. The average molecular weight is 426 g/mol. The lowest BCUT2D eigenvalue weighted by atomic mass is 10.0. The number of rotatable bonds is 6. The van der Waals surface area contributed by atoms with Gasteiger partial charge in [-0.3, -0.25) is 4.79 Å². The minimum absolute atomic E-state index is 0.0546. The number of anilines is 3. The maximum atomic E-state index is 14.2. The molecule has 2 aromatic carbocycles. The van der Waals surface area contributed by atoms with Crippen LogP contribution < -0.4 is 20.7 Å². The molecule has 3 aromatic rings. The second-order valence-electron chi connectivity index (χ2n) is 7.17. The zero-order valence-electron chi connectivity index (χ0n) is 16.9. The summed E-state index contributed by atoms with van der Waals surface area (Å²) in [5.74, 6) is -1.20. The summed E-state index contributed by atoms with van der Waals surface area (Å²) in [6.45, 7) is 2.18. The van der Waals surface area contributed by atoms with E-state index in [1.165, 1.54) is 25.3 Å². The molecule has 31 heavy (non-hydrogen) atoms. The van der Waals surface area contributed by atoms with Gasteiger partial charge in [0.05, 0.1) is 12.8 Å². The van der Waals surface area contributed by atoms with E-state index in [0.717, 1.165) is 6.07 Å². The Morgan fingerprint density at radius 1 is 1.23 bits per heavy atom. The highest BCUT2D eigenvalue weighted by Crippen LogP contribution is 2.39. The summed E-state index contributed by atoms with van der Waals surface area (Å²) in [7, 11) is 1.42. The fourth-order valence-corrected chi connectivity index (χ4v) is 3.65. The Kier molecular flexibility index (Phi) is 5.37. The Balaban J connectivity index is 1.70. The van der Waals surface area contributed by atoms with Gasteiger partial charge in [0.1, 0.15) is 11.6 Å². The van der Waals surface area contributed by atoms with Gasteiger partial charge in [-0.1, -0.05) is 12.1 Å². The summed E-state index contributed by atoms with van der Waals surface area (Å²) in [6, 6.07) is 8.48. The fourth-order valence-electron chi connectivity index (χ4n) is 3.65. The van der Waals surface area contributed by atoms with Gasteiger partial charge < -0.3 is 20.7 Å². The van der Waals surface area contributed by atoms with Crippen molar-refractivity contribution in [3.63, 3.8) is 0 Å². The Hall–Kier alpha value is -3.82. The van der Waals surface area contributed by atoms with Gasteiger partial charge in [0.15, 0.2) is 0 Å². The molecular weight excluding hydrogens is 406 g/mol. The van der Waals surface area contributed by atoms with Crippen molar-refractivity contribution < 1.29 is 18.3 Å². The molecule has 1 amide bonds. The maximum absolute atomic E-state index is 14.2. The number of halogens is 2. The lowest BCUT2D eigenvalue weighted by Crippen LogP contribution is -2.26. The van der Waals surface area contributed by atoms with Crippen molar-refractivity contribution in [1.82, 2.24) is 15.0 Å². The first kappa shape index (κ1) is 20.5. The van der Waals surface area contributed by atoms with Gasteiger partial charge in [-0.2, -0.15) is 15.0 Å². The first-order valence-corrected chi connectivity index (χ1v) is 9.55. The van der Waals surface area contributed by atoms with Crippen LogP contribution in [0.15, 0.2) is 36.4 Å². The lowest BCUT2D eigenvalue weighted by molar-refractivity contribution is 0.0999. The first-order chi connectivity index (χ1) is 14.9. The van der Waals surface area contributed by atoms with Crippen molar-refractivity contribution >= 4 is 23.5 Å². The maximum Gasteiger partial charge on any atom is 0.322 e. The number of primary amides is 1. The second kappa shape index (κ2) is 8.13. The molecule has 0 fully saturated rings. The summed E-state index contributed by atoms with van der Waals surface area (Å²) in [5.41, 5.74) is 7.37. The number of carbonyl (C=O) groups excluding carboxylic acids is 1. The molecular formula is C21H20F2N6O2. The number of nitrogens with zero attached hydrogens (tertiary/aromatic N) is 4. The average Bonchev–Trinajstić information content (AvgIpc) is 3.06. The van der Waals surface area contributed by atoms with E-state index in [-0.39, 0.29) is 41.9 Å². The Morgan fingerprint density at radius 2 is 2.03 bits per heavy atom. The fraction of sp³-hybridized carbons (Fsp3) is 0.238. The molecule has 0 saturated heterocycles. The molecule has 1 aromatic heterocycles.